The summed E-state index contributed by atoms with van der Waals surface area (Å²) in [4.78, 5) is 2.63. The third kappa shape index (κ3) is 7.24. The quantitative estimate of drug-likeness (QED) is 0.149. The smallest absolute Gasteiger partial charge is 0.118 e. The van der Waals surface area contributed by atoms with Crippen molar-refractivity contribution in [3.05, 3.63) is 220 Å². The third-order valence-electron chi connectivity index (χ3n) is 12.5. The van der Waals surface area contributed by atoms with Gasteiger partial charge in [0.2, 0.25) is 0 Å². The summed E-state index contributed by atoms with van der Waals surface area (Å²) < 4.78 is 5.46. The molecule has 2 unspecified atom stereocenters. The van der Waals surface area contributed by atoms with Crippen LogP contribution in [0.15, 0.2) is 176 Å². The Labute approximate surface area is 347 Å². The number of methoxy groups -OCH3 is 1. The normalized spacial score (nSPS) is 16.2. The molecular weight excluding hydrogens is 719 g/mol. The lowest BCUT2D eigenvalue weighted by Crippen LogP contribution is -2.32. The molecule has 1 heterocycles. The van der Waals surface area contributed by atoms with Crippen LogP contribution in [0.3, 0.4) is 0 Å². The molecule has 0 saturated heterocycles. The highest BCUT2D eigenvalue weighted by atomic mass is 16.5. The van der Waals surface area contributed by atoms with Crippen molar-refractivity contribution in [2.75, 3.05) is 12.0 Å². The molecule has 2 aliphatic rings. The van der Waals surface area contributed by atoms with Gasteiger partial charge in [0.1, 0.15) is 5.75 Å². The molecule has 8 aromatic rings. The molecule has 1 fully saturated rings. The molecule has 0 amide bonds. The highest BCUT2D eigenvalue weighted by Crippen LogP contribution is 2.51. The Hall–Kier alpha value is -6.68. The van der Waals surface area contributed by atoms with E-state index in [0.717, 1.165) is 33.6 Å². The monoisotopic (exact) mass is 765 g/mol. The number of ether oxygens (including phenoxy) is 1. The number of anilines is 2. The Morgan fingerprint density at radius 2 is 1.10 bits per heavy atom. The lowest BCUT2D eigenvalue weighted by molar-refractivity contribution is 0.282. The number of aliphatic hydroxyl groups is 1. The van der Waals surface area contributed by atoms with Crippen LogP contribution < -0.4 is 9.64 Å². The van der Waals surface area contributed by atoms with Crippen molar-refractivity contribution >= 4 is 56.2 Å². The first kappa shape index (κ1) is 36.6. The summed E-state index contributed by atoms with van der Waals surface area (Å²) in [7, 11) is 1.70. The molecule has 2 atom stereocenters. The first-order valence-electron chi connectivity index (χ1n) is 20.9. The van der Waals surface area contributed by atoms with Crippen molar-refractivity contribution in [1.29, 1.82) is 0 Å². The van der Waals surface area contributed by atoms with Crippen LogP contribution in [0.5, 0.6) is 5.75 Å². The van der Waals surface area contributed by atoms with E-state index in [1.807, 2.05) is 24.3 Å². The Balaban J connectivity index is 1.02. The molecule has 1 saturated carbocycles. The van der Waals surface area contributed by atoms with Crippen LogP contribution >= 0.6 is 0 Å². The van der Waals surface area contributed by atoms with Crippen LogP contribution in [0.4, 0.5) is 11.4 Å². The molecule has 0 aromatic heterocycles. The van der Waals surface area contributed by atoms with Crippen molar-refractivity contribution in [3.63, 3.8) is 0 Å². The molecule has 1 N–H and O–H groups in total. The molecule has 3 heteroatoms. The molecule has 288 valence electrons. The molecule has 0 radical (unpaired) electrons. The number of benzene rings is 8. The van der Waals surface area contributed by atoms with Crippen LogP contribution in [0.2, 0.25) is 0 Å². The zero-order valence-electron chi connectivity index (χ0n) is 33.4. The maximum atomic E-state index is 9.68. The number of rotatable bonds is 9. The van der Waals surface area contributed by atoms with Gasteiger partial charge in [0.05, 0.1) is 13.7 Å². The summed E-state index contributed by atoms with van der Waals surface area (Å²) in [6.07, 6.45) is 9.61. The predicted octanol–water partition coefficient (Wildman–Crippen LogP) is 13.8. The zero-order chi connectivity index (χ0) is 39.7. The van der Waals surface area contributed by atoms with E-state index in [1.54, 1.807) is 7.11 Å². The summed E-state index contributed by atoms with van der Waals surface area (Å²) in [5, 5.41) is 14.7. The lowest BCUT2D eigenvalue weighted by atomic mass is 9.82. The minimum atomic E-state index is 0.0283. The standard InChI is InChI=1S/C56H47NO2/c1-59-50-29-25-44(26-30-50)52(43-19-14-39(37-58)15-20-43)32-38-16-27-49(28-17-38)57-55-13-7-6-12-51(55)54-34-40(18-31-56(54)57)33-53(47-23-21-41-8-2-4-10-45(41)35-47)48-24-22-42-9-3-5-11-46(42)36-48/h2-5,8-11,14-36,51,55,58H,6-7,12-13,37H2,1H3/b52-32+. The van der Waals surface area contributed by atoms with E-state index >= 15 is 0 Å². The Morgan fingerprint density at radius 3 is 1.73 bits per heavy atom. The molecule has 1 aliphatic heterocycles. The van der Waals surface area contributed by atoms with Crippen LogP contribution in [0.25, 0.3) is 44.8 Å². The molecule has 0 spiro atoms. The van der Waals surface area contributed by atoms with Gasteiger partial charge in [-0.1, -0.05) is 140 Å². The van der Waals surface area contributed by atoms with Gasteiger partial charge < -0.3 is 14.7 Å². The topological polar surface area (TPSA) is 32.7 Å². The first-order chi connectivity index (χ1) is 29.1. The molecule has 8 aromatic carbocycles. The van der Waals surface area contributed by atoms with E-state index in [1.165, 1.54) is 86.4 Å². The number of nitrogens with zero attached hydrogens (tertiary/aromatic N) is 1. The van der Waals surface area contributed by atoms with E-state index in [0.29, 0.717) is 12.0 Å². The fourth-order valence-corrected chi connectivity index (χ4v) is 9.48. The minimum Gasteiger partial charge on any atom is -0.497 e. The fraction of sp³-hybridized carbons (Fsp3) is 0.143. The van der Waals surface area contributed by atoms with Crippen molar-refractivity contribution in [2.24, 2.45) is 0 Å². The number of hydrogen-bond acceptors (Lipinski definition) is 3. The minimum absolute atomic E-state index is 0.0283. The molecule has 10 rings (SSSR count). The maximum absolute atomic E-state index is 9.68. The maximum Gasteiger partial charge on any atom is 0.118 e. The predicted molar refractivity (Wildman–Crippen MR) is 247 cm³/mol. The van der Waals surface area contributed by atoms with E-state index in [4.69, 9.17) is 4.74 Å². The van der Waals surface area contributed by atoms with Gasteiger partial charge in [-0.3, -0.25) is 0 Å². The van der Waals surface area contributed by atoms with Gasteiger partial charge in [-0.25, -0.2) is 0 Å². The summed E-state index contributed by atoms with van der Waals surface area (Å²) in [6.45, 7) is 0.0283. The van der Waals surface area contributed by atoms with Gasteiger partial charge >= 0.3 is 0 Å². The van der Waals surface area contributed by atoms with Gasteiger partial charge in [-0.05, 0) is 151 Å². The number of hydrogen-bond donors (Lipinski definition) is 1. The average molecular weight is 766 g/mol. The van der Waals surface area contributed by atoms with Crippen molar-refractivity contribution in [1.82, 2.24) is 0 Å². The van der Waals surface area contributed by atoms with Gasteiger partial charge in [-0.2, -0.15) is 0 Å². The van der Waals surface area contributed by atoms with Gasteiger partial charge in [-0.15, -0.1) is 0 Å². The summed E-state index contributed by atoms with van der Waals surface area (Å²) in [6, 6.07) is 64.2. The van der Waals surface area contributed by atoms with Crippen molar-refractivity contribution in [3.8, 4) is 5.75 Å². The number of aliphatic hydroxyl groups excluding tert-OH is 1. The van der Waals surface area contributed by atoms with Crippen LogP contribution in [0, 0.1) is 0 Å². The van der Waals surface area contributed by atoms with E-state index in [2.05, 4.69) is 169 Å². The second-order valence-electron chi connectivity index (χ2n) is 16.1. The van der Waals surface area contributed by atoms with Gasteiger partial charge in [0, 0.05) is 23.3 Å². The van der Waals surface area contributed by atoms with Crippen LogP contribution in [-0.2, 0) is 6.61 Å². The summed E-state index contributed by atoms with van der Waals surface area (Å²) >= 11 is 0. The van der Waals surface area contributed by atoms with Gasteiger partial charge in [0.25, 0.3) is 0 Å². The summed E-state index contributed by atoms with van der Waals surface area (Å²) in [5.74, 6) is 1.33. The molecular formula is C56H47NO2. The number of fused-ring (bicyclic) bond motifs is 5. The van der Waals surface area contributed by atoms with Crippen molar-refractivity contribution in [2.45, 2.75) is 44.2 Å². The first-order valence-corrected chi connectivity index (χ1v) is 20.9. The van der Waals surface area contributed by atoms with Crippen molar-refractivity contribution < 1.29 is 9.84 Å². The zero-order valence-corrected chi connectivity index (χ0v) is 33.4. The average Bonchev–Trinajstić information content (AvgIpc) is 3.63. The summed E-state index contributed by atoms with van der Waals surface area (Å²) in [5.41, 5.74) is 14.3. The van der Waals surface area contributed by atoms with Crippen LogP contribution in [0.1, 0.15) is 76.1 Å². The van der Waals surface area contributed by atoms with E-state index in [9.17, 15) is 5.11 Å². The SMILES string of the molecule is COc1ccc(/C(=C/c2ccc(N3c4ccc(C=C(c5ccc6ccccc6c5)c5ccc6ccccc6c5)cc4C4CCCCC43)cc2)c2ccc(CO)cc2)cc1. The third-order valence-corrected chi connectivity index (χ3v) is 12.5. The Kier molecular flexibility index (Phi) is 9.89. The molecule has 3 nitrogen and oxygen atoms in total. The van der Waals surface area contributed by atoms with Gasteiger partial charge in [0.15, 0.2) is 0 Å². The van der Waals surface area contributed by atoms with E-state index < -0.39 is 0 Å². The van der Waals surface area contributed by atoms with Crippen LogP contribution in [-0.4, -0.2) is 18.3 Å². The Morgan fingerprint density at radius 1 is 0.559 bits per heavy atom. The highest BCUT2D eigenvalue weighted by molar-refractivity contribution is 5.98. The molecule has 59 heavy (non-hydrogen) atoms. The second-order valence-corrected chi connectivity index (χ2v) is 16.1. The fourth-order valence-electron chi connectivity index (χ4n) is 9.48. The molecule has 0 bridgehead atoms. The highest BCUT2D eigenvalue weighted by Gasteiger charge is 2.40. The van der Waals surface area contributed by atoms with E-state index in [-0.39, 0.29) is 6.61 Å². The lowest BCUT2D eigenvalue weighted by Gasteiger charge is -2.33. The largest absolute Gasteiger partial charge is 0.497 e. The second kappa shape index (κ2) is 15.9. The molecule has 1 aliphatic carbocycles. The Bertz CT molecular complexity index is 2720.